The van der Waals surface area contributed by atoms with Gasteiger partial charge < -0.3 is 4.90 Å². The first-order valence-corrected chi connectivity index (χ1v) is 11.2. The standard InChI is InChI=1S/C21H23N3O2S2/c1-12(2)24-20(26)18-13(3)14(4)28-19(18)22-21(24)27-11-17(25)23-10-9-15-7-5-6-8-16(15)23/h5-8,12H,9-11H2,1-4H3. The van der Waals surface area contributed by atoms with Gasteiger partial charge in [0, 0.05) is 23.2 Å². The van der Waals surface area contributed by atoms with Gasteiger partial charge in [-0.2, -0.15) is 0 Å². The van der Waals surface area contributed by atoms with E-state index in [1.54, 1.807) is 15.9 Å². The molecule has 3 heterocycles. The van der Waals surface area contributed by atoms with Gasteiger partial charge in [-0.25, -0.2) is 4.98 Å². The fourth-order valence-electron chi connectivity index (χ4n) is 3.65. The molecule has 0 atom stereocenters. The van der Waals surface area contributed by atoms with E-state index in [4.69, 9.17) is 4.98 Å². The Morgan fingerprint density at radius 2 is 2.04 bits per heavy atom. The van der Waals surface area contributed by atoms with Crippen molar-refractivity contribution in [1.82, 2.24) is 9.55 Å². The molecule has 4 rings (SSSR count). The van der Waals surface area contributed by atoms with Crippen molar-refractivity contribution in [3.63, 3.8) is 0 Å². The molecule has 0 radical (unpaired) electrons. The molecule has 3 aromatic rings. The number of carbonyl (C=O) groups is 1. The molecule has 0 aliphatic carbocycles. The van der Waals surface area contributed by atoms with E-state index in [1.165, 1.54) is 17.3 Å². The number of thioether (sulfide) groups is 1. The third-order valence-electron chi connectivity index (χ3n) is 5.23. The Hall–Kier alpha value is -2.12. The number of aromatic nitrogens is 2. The van der Waals surface area contributed by atoms with Crippen LogP contribution in [-0.4, -0.2) is 27.8 Å². The Kier molecular flexibility index (Phi) is 5.05. The van der Waals surface area contributed by atoms with Crippen LogP contribution >= 0.6 is 23.1 Å². The summed E-state index contributed by atoms with van der Waals surface area (Å²) in [4.78, 5) is 34.4. The van der Waals surface area contributed by atoms with Crippen LogP contribution in [0.25, 0.3) is 10.2 Å². The Morgan fingerprint density at radius 1 is 1.29 bits per heavy atom. The topological polar surface area (TPSA) is 55.2 Å². The first kappa shape index (κ1) is 19.2. The lowest BCUT2D eigenvalue weighted by Crippen LogP contribution is -2.31. The van der Waals surface area contributed by atoms with Crippen LogP contribution in [-0.2, 0) is 11.2 Å². The van der Waals surface area contributed by atoms with Gasteiger partial charge in [0.1, 0.15) is 4.83 Å². The number of anilines is 1. The van der Waals surface area contributed by atoms with Gasteiger partial charge in [-0.05, 0) is 51.3 Å². The number of hydrogen-bond donors (Lipinski definition) is 0. The molecular weight excluding hydrogens is 390 g/mol. The Labute approximate surface area is 172 Å². The number of carbonyl (C=O) groups excluding carboxylic acids is 1. The second-order valence-corrected chi connectivity index (χ2v) is 9.49. The van der Waals surface area contributed by atoms with E-state index in [0.29, 0.717) is 17.1 Å². The molecule has 0 bridgehead atoms. The maximum atomic E-state index is 13.1. The Morgan fingerprint density at radius 3 is 2.79 bits per heavy atom. The fraction of sp³-hybridized carbons (Fsp3) is 0.381. The maximum absolute atomic E-state index is 13.1. The number of fused-ring (bicyclic) bond motifs is 2. The highest BCUT2D eigenvalue weighted by atomic mass is 32.2. The summed E-state index contributed by atoms with van der Waals surface area (Å²) in [5, 5.41) is 1.33. The highest BCUT2D eigenvalue weighted by molar-refractivity contribution is 7.99. The summed E-state index contributed by atoms with van der Waals surface area (Å²) in [6.07, 6.45) is 0.890. The zero-order valence-corrected chi connectivity index (χ0v) is 18.1. The molecule has 1 aliphatic rings. The van der Waals surface area contributed by atoms with Crippen molar-refractivity contribution in [2.75, 3.05) is 17.2 Å². The van der Waals surface area contributed by atoms with E-state index in [1.807, 2.05) is 50.8 Å². The minimum atomic E-state index is -0.0193. The summed E-state index contributed by atoms with van der Waals surface area (Å²) in [6.45, 7) is 8.66. The highest BCUT2D eigenvalue weighted by Crippen LogP contribution is 2.31. The van der Waals surface area contributed by atoms with Crippen LogP contribution in [0.5, 0.6) is 0 Å². The summed E-state index contributed by atoms with van der Waals surface area (Å²) < 4.78 is 1.72. The van der Waals surface area contributed by atoms with Gasteiger partial charge in [-0.15, -0.1) is 11.3 Å². The molecular formula is C21H23N3O2S2. The molecule has 0 unspecified atom stereocenters. The van der Waals surface area contributed by atoms with Crippen molar-refractivity contribution in [1.29, 1.82) is 0 Å². The number of rotatable bonds is 4. The van der Waals surface area contributed by atoms with Crippen LogP contribution in [0.2, 0.25) is 0 Å². The Bertz CT molecular complexity index is 1130. The summed E-state index contributed by atoms with van der Waals surface area (Å²) in [7, 11) is 0. The molecule has 1 aliphatic heterocycles. The van der Waals surface area contributed by atoms with Gasteiger partial charge in [-0.3, -0.25) is 14.2 Å². The minimum absolute atomic E-state index is 0.0108. The van der Waals surface area contributed by atoms with Crippen LogP contribution in [0.3, 0.4) is 0 Å². The second kappa shape index (κ2) is 7.37. The van der Waals surface area contributed by atoms with Gasteiger partial charge in [0.25, 0.3) is 5.56 Å². The normalized spacial score (nSPS) is 13.5. The lowest BCUT2D eigenvalue weighted by molar-refractivity contribution is -0.116. The third-order valence-corrected chi connectivity index (χ3v) is 7.27. The SMILES string of the molecule is Cc1sc2nc(SCC(=O)N3CCc4ccccc43)n(C(C)C)c(=O)c2c1C. The summed E-state index contributed by atoms with van der Waals surface area (Å²) in [5.74, 6) is 0.320. The molecule has 28 heavy (non-hydrogen) atoms. The first-order valence-electron chi connectivity index (χ1n) is 9.41. The van der Waals surface area contributed by atoms with E-state index in [2.05, 4.69) is 6.07 Å². The molecule has 0 saturated heterocycles. The molecule has 0 fully saturated rings. The number of hydrogen-bond acceptors (Lipinski definition) is 5. The van der Waals surface area contributed by atoms with Gasteiger partial charge in [-0.1, -0.05) is 30.0 Å². The summed E-state index contributed by atoms with van der Waals surface area (Å²) in [5.41, 5.74) is 3.21. The number of aryl methyl sites for hydroxylation is 2. The van der Waals surface area contributed by atoms with Crippen molar-refractivity contribution in [2.45, 2.75) is 45.3 Å². The molecule has 7 heteroatoms. The largest absolute Gasteiger partial charge is 0.311 e. The van der Waals surface area contributed by atoms with Crippen LogP contribution in [0.15, 0.2) is 34.2 Å². The molecule has 1 amide bonds. The van der Waals surface area contributed by atoms with Crippen molar-refractivity contribution in [3.05, 3.63) is 50.6 Å². The van der Waals surface area contributed by atoms with Crippen molar-refractivity contribution < 1.29 is 4.79 Å². The second-order valence-electron chi connectivity index (χ2n) is 7.34. The van der Waals surface area contributed by atoms with E-state index in [0.717, 1.165) is 27.4 Å². The molecule has 146 valence electrons. The number of nitrogens with zero attached hydrogens (tertiary/aromatic N) is 3. The zero-order chi connectivity index (χ0) is 20.0. The molecule has 1 aromatic carbocycles. The fourth-order valence-corrected chi connectivity index (χ4v) is 5.72. The van der Waals surface area contributed by atoms with Gasteiger partial charge in [0.15, 0.2) is 5.16 Å². The molecule has 0 saturated carbocycles. The van der Waals surface area contributed by atoms with Crippen molar-refractivity contribution in [3.8, 4) is 0 Å². The Balaban J connectivity index is 1.64. The number of amides is 1. The predicted octanol–water partition coefficient (Wildman–Crippen LogP) is 4.34. The zero-order valence-electron chi connectivity index (χ0n) is 16.5. The predicted molar refractivity (Wildman–Crippen MR) is 117 cm³/mol. The van der Waals surface area contributed by atoms with Crippen LogP contribution in [0.4, 0.5) is 5.69 Å². The lowest BCUT2D eigenvalue weighted by Gasteiger charge is -2.18. The van der Waals surface area contributed by atoms with Gasteiger partial charge in [0.2, 0.25) is 5.91 Å². The third kappa shape index (κ3) is 3.16. The number of benzene rings is 1. The minimum Gasteiger partial charge on any atom is -0.311 e. The molecule has 2 aromatic heterocycles. The van der Waals surface area contributed by atoms with E-state index < -0.39 is 0 Å². The number of thiophene rings is 1. The van der Waals surface area contributed by atoms with Crippen LogP contribution < -0.4 is 10.5 Å². The quantitative estimate of drug-likeness (QED) is 0.472. The lowest BCUT2D eigenvalue weighted by atomic mass is 10.2. The van der Waals surface area contributed by atoms with Crippen molar-refractivity contribution in [2.24, 2.45) is 0 Å². The highest BCUT2D eigenvalue weighted by Gasteiger charge is 2.25. The summed E-state index contributed by atoms with van der Waals surface area (Å²) >= 11 is 2.90. The van der Waals surface area contributed by atoms with E-state index >= 15 is 0 Å². The molecule has 0 N–H and O–H groups in total. The van der Waals surface area contributed by atoms with Crippen molar-refractivity contribution >= 4 is 44.9 Å². The monoisotopic (exact) mass is 413 g/mol. The summed E-state index contributed by atoms with van der Waals surface area (Å²) in [6, 6.07) is 8.02. The maximum Gasteiger partial charge on any atom is 0.263 e. The average molecular weight is 414 g/mol. The van der Waals surface area contributed by atoms with E-state index in [9.17, 15) is 9.59 Å². The molecule has 0 spiro atoms. The first-order chi connectivity index (χ1) is 13.4. The number of para-hydroxylation sites is 1. The van der Waals surface area contributed by atoms with E-state index in [-0.39, 0.29) is 23.3 Å². The van der Waals surface area contributed by atoms with Crippen LogP contribution in [0.1, 0.15) is 35.9 Å². The smallest absolute Gasteiger partial charge is 0.263 e. The average Bonchev–Trinajstić information content (AvgIpc) is 3.21. The van der Waals surface area contributed by atoms with Crippen LogP contribution in [0, 0.1) is 13.8 Å². The molecule has 5 nitrogen and oxygen atoms in total. The van der Waals surface area contributed by atoms with Gasteiger partial charge in [0.05, 0.1) is 11.1 Å². The van der Waals surface area contributed by atoms with Gasteiger partial charge >= 0.3 is 0 Å².